The van der Waals surface area contributed by atoms with Crippen LogP contribution < -0.4 is 5.32 Å². The summed E-state index contributed by atoms with van der Waals surface area (Å²) in [5, 5.41) is 13.5. The number of carbonyl (C=O) groups excluding carboxylic acids is 1. The molecular formula is C23H25N3O4. The van der Waals surface area contributed by atoms with Gasteiger partial charge in [0.1, 0.15) is 0 Å². The number of carbonyl (C=O) groups is 2. The van der Waals surface area contributed by atoms with Crippen LogP contribution in [-0.4, -0.2) is 59.8 Å². The molecule has 0 saturated carbocycles. The topological polar surface area (TPSA) is 82.1 Å². The van der Waals surface area contributed by atoms with Crippen molar-refractivity contribution in [3.05, 3.63) is 65.2 Å². The number of anilines is 1. The number of benzene rings is 2. The van der Waals surface area contributed by atoms with Gasteiger partial charge in [-0.1, -0.05) is 30.3 Å². The largest absolute Gasteiger partial charge is 0.465 e. The van der Waals surface area contributed by atoms with Crippen molar-refractivity contribution in [2.24, 2.45) is 5.92 Å². The van der Waals surface area contributed by atoms with Gasteiger partial charge in [-0.25, -0.2) is 4.79 Å². The number of morpholine rings is 1. The summed E-state index contributed by atoms with van der Waals surface area (Å²) in [5.41, 5.74) is 3.55. The van der Waals surface area contributed by atoms with Gasteiger partial charge in [0.05, 0.1) is 25.3 Å². The highest BCUT2D eigenvalue weighted by molar-refractivity contribution is 5.95. The molecule has 0 radical (unpaired) electrons. The van der Waals surface area contributed by atoms with E-state index in [1.54, 1.807) is 4.90 Å². The number of ether oxygens (including phenoxy) is 1. The van der Waals surface area contributed by atoms with E-state index in [1.807, 2.05) is 36.4 Å². The van der Waals surface area contributed by atoms with Crippen LogP contribution in [0.15, 0.2) is 48.5 Å². The van der Waals surface area contributed by atoms with Gasteiger partial charge in [0.15, 0.2) is 0 Å². The minimum Gasteiger partial charge on any atom is -0.465 e. The molecule has 2 aromatic rings. The molecule has 0 spiro atoms. The second-order valence-corrected chi connectivity index (χ2v) is 8.11. The molecule has 0 aliphatic carbocycles. The average molecular weight is 407 g/mol. The van der Waals surface area contributed by atoms with E-state index >= 15 is 0 Å². The fraction of sp³-hybridized carbons (Fsp3) is 0.391. The van der Waals surface area contributed by atoms with Crippen molar-refractivity contribution >= 4 is 17.7 Å². The minimum atomic E-state index is -0.910. The number of likely N-dealkylation sites (tertiary alicyclic amines) is 1. The quantitative estimate of drug-likeness (QED) is 0.798. The Labute approximate surface area is 175 Å². The number of nitrogens with one attached hydrogen (secondary N) is 1. The molecule has 7 nitrogen and oxygen atoms in total. The molecule has 2 aromatic carbocycles. The number of nitrogens with zero attached hydrogens (tertiary/aromatic N) is 2. The van der Waals surface area contributed by atoms with Gasteiger partial charge in [0.2, 0.25) is 0 Å². The van der Waals surface area contributed by atoms with E-state index in [9.17, 15) is 14.7 Å². The molecule has 3 heterocycles. The molecule has 0 aromatic heterocycles. The van der Waals surface area contributed by atoms with Crippen molar-refractivity contribution in [3.8, 4) is 0 Å². The van der Waals surface area contributed by atoms with Crippen LogP contribution in [0.5, 0.6) is 0 Å². The Morgan fingerprint density at radius 2 is 1.80 bits per heavy atom. The van der Waals surface area contributed by atoms with Crippen LogP contribution in [0.3, 0.4) is 0 Å². The predicted octanol–water partition coefficient (Wildman–Crippen LogP) is 3.37. The van der Waals surface area contributed by atoms with Crippen LogP contribution in [0, 0.1) is 5.92 Å². The first kappa shape index (κ1) is 18.9. The molecule has 2 N–H and O–H groups in total. The molecule has 5 rings (SSSR count). The van der Waals surface area contributed by atoms with Crippen molar-refractivity contribution < 1.29 is 19.4 Å². The lowest BCUT2D eigenvalue weighted by atomic mass is 9.79. The van der Waals surface area contributed by atoms with Gasteiger partial charge in [-0.3, -0.25) is 4.79 Å². The number of rotatable bonds is 2. The lowest BCUT2D eigenvalue weighted by Gasteiger charge is -2.39. The summed E-state index contributed by atoms with van der Waals surface area (Å²) in [6, 6.07) is 15.6. The summed E-state index contributed by atoms with van der Waals surface area (Å²) in [7, 11) is 0. The first-order chi connectivity index (χ1) is 14.6. The van der Waals surface area contributed by atoms with Gasteiger partial charge in [0, 0.05) is 36.8 Å². The third-order valence-electron chi connectivity index (χ3n) is 6.50. The summed E-state index contributed by atoms with van der Waals surface area (Å²) in [5.74, 6) is 0.0902. The molecule has 3 atom stereocenters. The molecular weight excluding hydrogens is 382 g/mol. The average Bonchev–Trinajstić information content (AvgIpc) is 3.25. The van der Waals surface area contributed by atoms with Crippen molar-refractivity contribution in [2.45, 2.75) is 18.5 Å². The molecule has 3 unspecified atom stereocenters. The fourth-order valence-corrected chi connectivity index (χ4v) is 5.06. The highest BCUT2D eigenvalue weighted by Gasteiger charge is 2.46. The van der Waals surface area contributed by atoms with Gasteiger partial charge in [-0.05, 0) is 35.7 Å². The number of fused-ring (bicyclic) bond motifs is 3. The van der Waals surface area contributed by atoms with E-state index in [-0.39, 0.29) is 23.9 Å². The van der Waals surface area contributed by atoms with E-state index in [1.165, 1.54) is 4.90 Å². The van der Waals surface area contributed by atoms with E-state index in [0.29, 0.717) is 38.4 Å². The molecule has 30 heavy (non-hydrogen) atoms. The fourth-order valence-electron chi connectivity index (χ4n) is 5.06. The monoisotopic (exact) mass is 407 g/mol. The third kappa shape index (κ3) is 3.19. The second kappa shape index (κ2) is 7.65. The number of amides is 2. The Hall–Kier alpha value is -3.06. The van der Waals surface area contributed by atoms with Crippen molar-refractivity contribution in [1.82, 2.24) is 9.80 Å². The zero-order valence-electron chi connectivity index (χ0n) is 16.7. The SMILES string of the molecule is O=C(c1ccc2c(c1)C1C(CCN1C(=O)O)C(c1ccccc1)N2)N1CCOCC1. The second-order valence-electron chi connectivity index (χ2n) is 8.11. The Bertz CT molecular complexity index is 958. The zero-order valence-corrected chi connectivity index (χ0v) is 16.7. The Kier molecular flexibility index (Phi) is 4.83. The summed E-state index contributed by atoms with van der Waals surface area (Å²) >= 11 is 0. The highest BCUT2D eigenvalue weighted by Crippen LogP contribution is 2.51. The molecule has 2 amide bonds. The van der Waals surface area contributed by atoms with Crippen LogP contribution in [0.2, 0.25) is 0 Å². The van der Waals surface area contributed by atoms with Crippen LogP contribution in [0.25, 0.3) is 0 Å². The standard InChI is InChI=1S/C23H25N3O4/c27-22(25-10-12-30-13-11-25)16-6-7-19-18(14-16)21-17(8-9-26(21)23(28)29)20(24-19)15-4-2-1-3-5-15/h1-7,14,17,20-21,24H,8-13H2,(H,28,29). The summed E-state index contributed by atoms with van der Waals surface area (Å²) in [4.78, 5) is 28.3. The van der Waals surface area contributed by atoms with Gasteiger partial charge in [0.25, 0.3) is 5.91 Å². The van der Waals surface area contributed by atoms with Gasteiger partial charge >= 0.3 is 6.09 Å². The molecule has 2 fully saturated rings. The summed E-state index contributed by atoms with van der Waals surface area (Å²) < 4.78 is 5.35. The molecule has 3 aliphatic heterocycles. The van der Waals surface area contributed by atoms with Crippen LogP contribution >= 0.6 is 0 Å². The van der Waals surface area contributed by atoms with Crippen LogP contribution in [0.4, 0.5) is 10.5 Å². The smallest absolute Gasteiger partial charge is 0.407 e. The van der Waals surface area contributed by atoms with Gasteiger partial charge in [-0.15, -0.1) is 0 Å². The van der Waals surface area contributed by atoms with E-state index < -0.39 is 6.09 Å². The lowest BCUT2D eigenvalue weighted by molar-refractivity contribution is 0.0302. The van der Waals surface area contributed by atoms with E-state index in [4.69, 9.17) is 4.74 Å². The highest BCUT2D eigenvalue weighted by atomic mass is 16.5. The first-order valence-electron chi connectivity index (χ1n) is 10.5. The Balaban J connectivity index is 1.53. The molecule has 156 valence electrons. The Morgan fingerprint density at radius 3 is 2.53 bits per heavy atom. The minimum absolute atomic E-state index is 0.0253. The maximum absolute atomic E-state index is 13.0. The zero-order chi connectivity index (χ0) is 20.7. The van der Waals surface area contributed by atoms with E-state index in [0.717, 1.165) is 23.2 Å². The summed E-state index contributed by atoms with van der Waals surface area (Å²) in [6.07, 6.45) is -0.128. The van der Waals surface area contributed by atoms with Gasteiger partial charge < -0.3 is 25.0 Å². The Morgan fingerprint density at radius 1 is 1.03 bits per heavy atom. The predicted molar refractivity (Wildman–Crippen MR) is 112 cm³/mol. The van der Waals surface area contributed by atoms with Crippen molar-refractivity contribution in [1.29, 1.82) is 0 Å². The van der Waals surface area contributed by atoms with Crippen LogP contribution in [-0.2, 0) is 4.74 Å². The normalized spacial score (nSPS) is 25.3. The maximum atomic E-state index is 13.0. The molecule has 0 bridgehead atoms. The number of hydrogen-bond donors (Lipinski definition) is 2. The van der Waals surface area contributed by atoms with Crippen LogP contribution in [0.1, 0.15) is 40.0 Å². The maximum Gasteiger partial charge on any atom is 0.407 e. The van der Waals surface area contributed by atoms with Crippen molar-refractivity contribution in [3.63, 3.8) is 0 Å². The third-order valence-corrected chi connectivity index (χ3v) is 6.50. The van der Waals surface area contributed by atoms with Crippen molar-refractivity contribution in [2.75, 3.05) is 38.2 Å². The number of hydrogen-bond acceptors (Lipinski definition) is 4. The van der Waals surface area contributed by atoms with E-state index in [2.05, 4.69) is 17.4 Å². The first-order valence-corrected chi connectivity index (χ1v) is 10.5. The molecule has 7 heteroatoms. The molecule has 3 aliphatic rings. The van der Waals surface area contributed by atoms with Gasteiger partial charge in [-0.2, -0.15) is 0 Å². The molecule has 2 saturated heterocycles. The lowest BCUT2D eigenvalue weighted by Crippen LogP contribution is -2.41. The summed E-state index contributed by atoms with van der Waals surface area (Å²) in [6.45, 7) is 2.76. The number of carboxylic acid groups (broad SMARTS) is 1.